The lowest BCUT2D eigenvalue weighted by molar-refractivity contribution is -0.120. The largest absolute Gasteiger partial charge is 0.497 e. The van der Waals surface area contributed by atoms with Gasteiger partial charge in [-0.25, -0.2) is 4.79 Å². The van der Waals surface area contributed by atoms with E-state index in [0.717, 1.165) is 6.42 Å². The van der Waals surface area contributed by atoms with Crippen LogP contribution in [-0.2, 0) is 9.53 Å². The first-order valence-electron chi connectivity index (χ1n) is 6.98. The maximum atomic E-state index is 12.4. The van der Waals surface area contributed by atoms with Gasteiger partial charge in [0.15, 0.2) is 0 Å². The fraction of sp³-hybridized carbons (Fsp3) is 0.467. The van der Waals surface area contributed by atoms with Gasteiger partial charge in [-0.05, 0) is 25.0 Å². The lowest BCUT2D eigenvalue weighted by atomic mass is 10.2. The Kier molecular flexibility index (Phi) is 5.08. The third-order valence-corrected chi connectivity index (χ3v) is 3.63. The van der Waals surface area contributed by atoms with Crippen molar-refractivity contribution in [3.63, 3.8) is 0 Å². The number of carbonyl (C=O) groups excluding carboxylic acids is 2. The van der Waals surface area contributed by atoms with Gasteiger partial charge in [0.05, 0.1) is 27.0 Å². The molecule has 1 N–H and O–H groups in total. The molecule has 1 heterocycles. The number of hydrogen-bond acceptors (Lipinski definition) is 5. The highest BCUT2D eigenvalue weighted by molar-refractivity contribution is 5.98. The van der Waals surface area contributed by atoms with E-state index in [2.05, 4.69) is 5.32 Å². The van der Waals surface area contributed by atoms with Crippen LogP contribution in [0.1, 0.15) is 12.8 Å². The minimum atomic E-state index is -0.528. The number of likely N-dealkylation sites (tertiary alicyclic amines) is 1. The zero-order valence-corrected chi connectivity index (χ0v) is 12.9. The number of nitrogens with one attached hydrogen (secondary N) is 1. The molecule has 0 aromatic heterocycles. The van der Waals surface area contributed by atoms with Crippen LogP contribution in [-0.4, -0.2) is 50.8 Å². The SMILES string of the molecule is COC(=O)N1CCCC1C(=O)Nc1ccc(OC)cc1OC. The molecule has 1 aliphatic heterocycles. The molecule has 1 unspecified atom stereocenters. The molecule has 1 aromatic carbocycles. The average Bonchev–Trinajstić information content (AvgIpc) is 3.04. The Labute approximate surface area is 129 Å². The van der Waals surface area contributed by atoms with Gasteiger partial charge in [0.25, 0.3) is 0 Å². The minimum Gasteiger partial charge on any atom is -0.497 e. The second kappa shape index (κ2) is 7.02. The van der Waals surface area contributed by atoms with Crippen molar-refractivity contribution in [2.45, 2.75) is 18.9 Å². The third-order valence-electron chi connectivity index (χ3n) is 3.63. The van der Waals surface area contributed by atoms with E-state index in [9.17, 15) is 9.59 Å². The van der Waals surface area contributed by atoms with Crippen LogP contribution in [0, 0.1) is 0 Å². The summed E-state index contributed by atoms with van der Waals surface area (Å²) in [6.07, 6.45) is 0.895. The van der Waals surface area contributed by atoms with Gasteiger partial charge in [0.1, 0.15) is 17.5 Å². The van der Waals surface area contributed by atoms with Crippen molar-refractivity contribution in [3.8, 4) is 11.5 Å². The summed E-state index contributed by atoms with van der Waals surface area (Å²) in [6.45, 7) is 0.518. The van der Waals surface area contributed by atoms with Crippen molar-refractivity contribution in [3.05, 3.63) is 18.2 Å². The third kappa shape index (κ3) is 3.24. The summed E-state index contributed by atoms with van der Waals surface area (Å²) in [7, 11) is 4.38. The molecule has 2 amide bonds. The van der Waals surface area contributed by atoms with Gasteiger partial charge in [0.2, 0.25) is 5.91 Å². The predicted octanol–water partition coefficient (Wildman–Crippen LogP) is 1.87. The van der Waals surface area contributed by atoms with Gasteiger partial charge in [-0.15, -0.1) is 0 Å². The standard InChI is InChI=1S/C15H20N2O5/c1-20-10-6-7-11(13(9-10)21-2)16-14(18)12-5-4-8-17(12)15(19)22-3/h6-7,9,12H,4-5,8H2,1-3H3,(H,16,18). The molecule has 1 aromatic rings. The molecular weight excluding hydrogens is 288 g/mol. The highest BCUT2D eigenvalue weighted by atomic mass is 16.5. The van der Waals surface area contributed by atoms with Crippen LogP contribution in [0.15, 0.2) is 18.2 Å². The first kappa shape index (κ1) is 15.9. The van der Waals surface area contributed by atoms with E-state index in [1.807, 2.05) is 0 Å². The van der Waals surface area contributed by atoms with Crippen molar-refractivity contribution >= 4 is 17.7 Å². The normalized spacial score (nSPS) is 17.0. The van der Waals surface area contributed by atoms with E-state index in [4.69, 9.17) is 14.2 Å². The maximum Gasteiger partial charge on any atom is 0.410 e. The van der Waals surface area contributed by atoms with Crippen molar-refractivity contribution in [2.75, 3.05) is 33.2 Å². The number of methoxy groups -OCH3 is 3. The van der Waals surface area contributed by atoms with E-state index in [1.165, 1.54) is 19.1 Å². The number of ether oxygens (including phenoxy) is 3. The highest BCUT2D eigenvalue weighted by Crippen LogP contribution is 2.30. The van der Waals surface area contributed by atoms with E-state index < -0.39 is 12.1 Å². The van der Waals surface area contributed by atoms with Crippen LogP contribution in [0.3, 0.4) is 0 Å². The summed E-state index contributed by atoms with van der Waals surface area (Å²) in [5.74, 6) is 0.869. The Bertz CT molecular complexity index is 561. The van der Waals surface area contributed by atoms with E-state index >= 15 is 0 Å². The zero-order valence-electron chi connectivity index (χ0n) is 12.9. The van der Waals surface area contributed by atoms with E-state index in [0.29, 0.717) is 30.2 Å². The first-order chi connectivity index (χ1) is 10.6. The Morgan fingerprint density at radius 2 is 2.00 bits per heavy atom. The highest BCUT2D eigenvalue weighted by Gasteiger charge is 2.35. The summed E-state index contributed by atoms with van der Waals surface area (Å²) in [4.78, 5) is 25.5. The summed E-state index contributed by atoms with van der Waals surface area (Å²) < 4.78 is 15.1. The van der Waals surface area contributed by atoms with E-state index in [1.54, 1.807) is 25.3 Å². The molecule has 0 saturated carbocycles. The van der Waals surface area contributed by atoms with Crippen LogP contribution >= 0.6 is 0 Å². The maximum absolute atomic E-state index is 12.4. The summed E-state index contributed by atoms with van der Waals surface area (Å²) in [6, 6.07) is 4.58. The number of carbonyl (C=O) groups is 2. The summed E-state index contributed by atoms with van der Waals surface area (Å²) >= 11 is 0. The Balaban J connectivity index is 2.13. The van der Waals surface area contributed by atoms with Crippen LogP contribution in [0.2, 0.25) is 0 Å². The van der Waals surface area contributed by atoms with Crippen LogP contribution in [0.4, 0.5) is 10.5 Å². The number of rotatable bonds is 4. The molecule has 1 aliphatic rings. The minimum absolute atomic E-state index is 0.258. The van der Waals surface area contributed by atoms with Crippen LogP contribution in [0.25, 0.3) is 0 Å². The molecule has 7 nitrogen and oxygen atoms in total. The molecule has 0 spiro atoms. The fourth-order valence-electron chi connectivity index (χ4n) is 2.49. The number of hydrogen-bond donors (Lipinski definition) is 1. The molecular formula is C15H20N2O5. The Morgan fingerprint density at radius 1 is 1.23 bits per heavy atom. The zero-order chi connectivity index (χ0) is 16.1. The molecule has 22 heavy (non-hydrogen) atoms. The van der Waals surface area contributed by atoms with Crippen LogP contribution in [0.5, 0.6) is 11.5 Å². The molecule has 1 fully saturated rings. The fourth-order valence-corrected chi connectivity index (χ4v) is 2.49. The predicted molar refractivity (Wildman–Crippen MR) is 80.3 cm³/mol. The first-order valence-corrected chi connectivity index (χ1v) is 6.98. The molecule has 2 rings (SSSR count). The number of benzene rings is 1. The molecule has 120 valence electrons. The molecule has 1 atom stereocenters. The number of amides is 2. The lowest BCUT2D eigenvalue weighted by Crippen LogP contribution is -2.43. The van der Waals surface area contributed by atoms with E-state index in [-0.39, 0.29) is 5.91 Å². The van der Waals surface area contributed by atoms with Crippen LogP contribution < -0.4 is 14.8 Å². The average molecular weight is 308 g/mol. The van der Waals surface area contributed by atoms with Gasteiger partial charge in [-0.2, -0.15) is 0 Å². The lowest BCUT2D eigenvalue weighted by Gasteiger charge is -2.22. The topological polar surface area (TPSA) is 77.1 Å². The van der Waals surface area contributed by atoms with Gasteiger partial charge in [0, 0.05) is 12.6 Å². The number of nitrogens with zero attached hydrogens (tertiary/aromatic N) is 1. The van der Waals surface area contributed by atoms with Crippen molar-refractivity contribution in [1.82, 2.24) is 4.90 Å². The Morgan fingerprint density at radius 3 is 2.64 bits per heavy atom. The second-order valence-electron chi connectivity index (χ2n) is 4.88. The molecule has 0 radical (unpaired) electrons. The Hall–Kier alpha value is -2.44. The summed E-state index contributed by atoms with van der Waals surface area (Å²) in [5, 5.41) is 2.79. The molecule has 0 bridgehead atoms. The molecule has 7 heteroatoms. The second-order valence-corrected chi connectivity index (χ2v) is 4.88. The van der Waals surface area contributed by atoms with Gasteiger partial charge in [-0.3, -0.25) is 9.69 Å². The van der Waals surface area contributed by atoms with Crippen molar-refractivity contribution in [1.29, 1.82) is 0 Å². The smallest absolute Gasteiger partial charge is 0.410 e. The molecule has 0 aliphatic carbocycles. The number of anilines is 1. The van der Waals surface area contributed by atoms with Gasteiger partial charge < -0.3 is 19.5 Å². The van der Waals surface area contributed by atoms with Gasteiger partial charge in [-0.1, -0.05) is 0 Å². The van der Waals surface area contributed by atoms with Gasteiger partial charge >= 0.3 is 6.09 Å². The molecule has 1 saturated heterocycles. The monoisotopic (exact) mass is 308 g/mol. The van der Waals surface area contributed by atoms with Crippen molar-refractivity contribution in [2.24, 2.45) is 0 Å². The van der Waals surface area contributed by atoms with Crippen molar-refractivity contribution < 1.29 is 23.8 Å². The summed E-state index contributed by atoms with van der Waals surface area (Å²) in [5.41, 5.74) is 0.532. The quantitative estimate of drug-likeness (QED) is 0.919.